The lowest BCUT2D eigenvalue weighted by atomic mass is 10.2. The smallest absolute Gasteiger partial charge is 0.280 e. The van der Waals surface area contributed by atoms with Gasteiger partial charge in [-0.1, -0.05) is 6.07 Å². The Morgan fingerprint density at radius 3 is 2.69 bits per heavy atom. The molecule has 0 aliphatic rings. The van der Waals surface area contributed by atoms with Crippen molar-refractivity contribution in [3.8, 4) is 0 Å². The topological polar surface area (TPSA) is 81.1 Å². The van der Waals surface area contributed by atoms with Gasteiger partial charge >= 0.3 is 0 Å². The Labute approximate surface area is 160 Å². The molecule has 26 heavy (non-hydrogen) atoms. The second-order valence-electron chi connectivity index (χ2n) is 5.53. The summed E-state index contributed by atoms with van der Waals surface area (Å²) in [5.41, 5.74) is 3.64. The van der Waals surface area contributed by atoms with Gasteiger partial charge in [-0.25, -0.2) is 18.1 Å². The molecule has 0 saturated carbocycles. The molecule has 1 N–H and O–H groups in total. The van der Waals surface area contributed by atoms with Crippen LogP contribution >= 0.6 is 23.4 Å². The molecule has 2 aromatic carbocycles. The van der Waals surface area contributed by atoms with Gasteiger partial charge in [-0.2, -0.15) is 0 Å². The monoisotopic (exact) mass is 409 g/mol. The van der Waals surface area contributed by atoms with Crippen molar-refractivity contribution in [2.75, 3.05) is 11.7 Å². The summed E-state index contributed by atoms with van der Waals surface area (Å²) in [7, 11) is -3.63. The highest BCUT2D eigenvalue weighted by molar-refractivity contribution is 7.98. The van der Waals surface area contributed by atoms with Gasteiger partial charge in [0, 0.05) is 4.90 Å². The van der Waals surface area contributed by atoms with Crippen LogP contribution in [0.1, 0.15) is 6.92 Å². The van der Waals surface area contributed by atoms with Crippen molar-refractivity contribution >= 4 is 49.8 Å². The maximum absolute atomic E-state index is 12.7. The number of aromatic nitrogens is 2. The minimum absolute atomic E-state index is 0.0801. The molecule has 1 unspecified atom stereocenters. The summed E-state index contributed by atoms with van der Waals surface area (Å²) in [6.07, 6.45) is 3.30. The fourth-order valence-corrected chi connectivity index (χ4v) is 4.06. The molecule has 9 heteroatoms. The van der Waals surface area contributed by atoms with Gasteiger partial charge in [0.2, 0.25) is 0 Å². The van der Waals surface area contributed by atoms with E-state index < -0.39 is 14.5 Å². The zero-order valence-electron chi connectivity index (χ0n) is 14.0. The van der Waals surface area contributed by atoms with E-state index in [-0.39, 0.29) is 10.5 Å². The number of benzene rings is 2. The first-order chi connectivity index (χ1) is 12.3. The Morgan fingerprint density at radius 2 is 2.00 bits per heavy atom. The predicted octanol–water partition coefficient (Wildman–Crippen LogP) is 3.35. The Balaban J connectivity index is 2.02. The first kappa shape index (κ1) is 18.8. The van der Waals surface area contributed by atoms with E-state index in [1.807, 2.05) is 12.3 Å². The maximum atomic E-state index is 12.7. The molecular formula is C17H16ClN3O3S2. The third kappa shape index (κ3) is 3.58. The van der Waals surface area contributed by atoms with Gasteiger partial charge in [0.15, 0.2) is 9.84 Å². The third-order valence-electron chi connectivity index (χ3n) is 3.80. The van der Waals surface area contributed by atoms with Crippen molar-refractivity contribution in [2.24, 2.45) is 0 Å². The fraction of sp³-hybridized carbons (Fsp3) is 0.176. The van der Waals surface area contributed by atoms with Crippen molar-refractivity contribution in [1.82, 2.24) is 9.66 Å². The van der Waals surface area contributed by atoms with E-state index in [9.17, 15) is 13.2 Å². The van der Waals surface area contributed by atoms with E-state index in [0.717, 1.165) is 4.90 Å². The molecule has 0 radical (unpaired) electrons. The van der Waals surface area contributed by atoms with E-state index in [0.29, 0.717) is 16.6 Å². The Bertz CT molecular complexity index is 1130. The van der Waals surface area contributed by atoms with E-state index in [1.54, 1.807) is 24.3 Å². The normalized spacial score (nSPS) is 12.9. The third-order valence-corrected chi connectivity index (χ3v) is 7.00. The number of nitrogens with one attached hydrogen (secondary N) is 1. The molecule has 0 fully saturated rings. The number of nitrogens with zero attached hydrogens (tertiary/aromatic N) is 2. The van der Waals surface area contributed by atoms with Crippen LogP contribution in [0, 0.1) is 0 Å². The number of hydrogen-bond donors (Lipinski definition) is 1. The van der Waals surface area contributed by atoms with Crippen LogP contribution in [0.4, 0.5) is 5.69 Å². The number of alkyl halides is 1. The number of thioether (sulfide) groups is 1. The summed E-state index contributed by atoms with van der Waals surface area (Å²) in [5, 5.41) is 0.477. The zero-order chi connectivity index (χ0) is 18.9. The molecule has 3 rings (SSSR count). The molecular weight excluding hydrogens is 394 g/mol. The van der Waals surface area contributed by atoms with E-state index in [2.05, 4.69) is 10.4 Å². The van der Waals surface area contributed by atoms with E-state index in [1.165, 1.54) is 41.8 Å². The number of sulfone groups is 1. The van der Waals surface area contributed by atoms with Crippen LogP contribution in [0.25, 0.3) is 10.9 Å². The quantitative estimate of drug-likeness (QED) is 0.514. The standard InChI is InChI=1S/C17H16ClN3O3S2/c1-11(18)26(23,24)14-5-3-4-12(8-14)20-21-10-19-16-7-6-13(25-2)9-15(16)17(21)22/h3-11,20H,1-2H3. The molecule has 0 aliphatic heterocycles. The van der Waals surface area contributed by atoms with Crippen LogP contribution < -0.4 is 11.0 Å². The lowest BCUT2D eigenvalue weighted by molar-refractivity contribution is 0.594. The molecule has 0 amide bonds. The molecule has 0 saturated heterocycles. The number of halogens is 1. The van der Waals surface area contributed by atoms with Gasteiger partial charge in [-0.3, -0.25) is 10.2 Å². The first-order valence-corrected chi connectivity index (χ1v) is 10.8. The van der Waals surface area contributed by atoms with Crippen molar-refractivity contribution in [3.05, 3.63) is 59.1 Å². The molecule has 1 aromatic heterocycles. The second kappa shape index (κ2) is 7.30. The highest BCUT2D eigenvalue weighted by atomic mass is 35.5. The number of fused-ring (bicyclic) bond motifs is 1. The summed E-state index contributed by atoms with van der Waals surface area (Å²) in [6.45, 7) is 1.40. The Morgan fingerprint density at radius 1 is 1.23 bits per heavy atom. The summed E-state index contributed by atoms with van der Waals surface area (Å²) < 4.78 is 24.6. The molecule has 1 atom stereocenters. The number of anilines is 1. The Kier molecular flexibility index (Phi) is 5.27. The molecule has 1 heterocycles. The van der Waals surface area contributed by atoms with Crippen LogP contribution in [-0.2, 0) is 9.84 Å². The average Bonchev–Trinajstić information content (AvgIpc) is 2.64. The minimum Gasteiger partial charge on any atom is -0.290 e. The SMILES string of the molecule is CSc1ccc2ncn(Nc3cccc(S(=O)(=O)C(C)Cl)c3)c(=O)c2c1. The van der Waals surface area contributed by atoms with Gasteiger partial charge in [-0.15, -0.1) is 23.4 Å². The van der Waals surface area contributed by atoms with Crippen LogP contribution in [0.15, 0.2) is 63.4 Å². The zero-order valence-corrected chi connectivity index (χ0v) is 16.4. The van der Waals surface area contributed by atoms with Crippen molar-refractivity contribution in [1.29, 1.82) is 0 Å². The molecule has 3 aromatic rings. The minimum atomic E-state index is -3.63. The lowest BCUT2D eigenvalue weighted by Gasteiger charge is -2.12. The van der Waals surface area contributed by atoms with Gasteiger partial charge < -0.3 is 0 Å². The number of rotatable bonds is 5. The summed E-state index contributed by atoms with van der Waals surface area (Å²) >= 11 is 7.29. The van der Waals surface area contributed by atoms with Gasteiger partial charge in [0.25, 0.3) is 5.56 Å². The van der Waals surface area contributed by atoms with Crippen LogP contribution in [-0.4, -0.2) is 29.0 Å². The van der Waals surface area contributed by atoms with Crippen LogP contribution in [0.3, 0.4) is 0 Å². The lowest BCUT2D eigenvalue weighted by Crippen LogP contribution is -2.26. The summed E-state index contributed by atoms with van der Waals surface area (Å²) in [6, 6.07) is 11.6. The largest absolute Gasteiger partial charge is 0.290 e. The van der Waals surface area contributed by atoms with Gasteiger partial charge in [0.05, 0.1) is 21.5 Å². The van der Waals surface area contributed by atoms with Crippen molar-refractivity contribution < 1.29 is 8.42 Å². The average molecular weight is 410 g/mol. The van der Waals surface area contributed by atoms with Crippen molar-refractivity contribution in [3.63, 3.8) is 0 Å². The van der Waals surface area contributed by atoms with E-state index >= 15 is 0 Å². The van der Waals surface area contributed by atoms with Crippen molar-refractivity contribution in [2.45, 2.75) is 21.4 Å². The van der Waals surface area contributed by atoms with Gasteiger partial charge in [0.1, 0.15) is 11.0 Å². The van der Waals surface area contributed by atoms with Crippen LogP contribution in [0.2, 0.25) is 0 Å². The molecule has 0 spiro atoms. The first-order valence-electron chi connectivity index (χ1n) is 7.63. The highest BCUT2D eigenvalue weighted by Gasteiger charge is 2.21. The maximum Gasteiger partial charge on any atom is 0.280 e. The van der Waals surface area contributed by atoms with Crippen LogP contribution in [0.5, 0.6) is 0 Å². The van der Waals surface area contributed by atoms with E-state index in [4.69, 9.17) is 11.6 Å². The molecule has 0 bridgehead atoms. The van der Waals surface area contributed by atoms with Gasteiger partial charge in [-0.05, 0) is 49.6 Å². The fourth-order valence-electron chi connectivity index (χ4n) is 2.38. The molecule has 0 aliphatic carbocycles. The molecule has 6 nitrogen and oxygen atoms in total. The summed E-state index contributed by atoms with van der Waals surface area (Å²) in [5.74, 6) is 0. The highest BCUT2D eigenvalue weighted by Crippen LogP contribution is 2.22. The molecule has 136 valence electrons. The number of hydrogen-bond acceptors (Lipinski definition) is 6. The second-order valence-corrected chi connectivity index (χ2v) is 9.59. The predicted molar refractivity (Wildman–Crippen MR) is 106 cm³/mol. The summed E-state index contributed by atoms with van der Waals surface area (Å²) in [4.78, 5) is 18.0. The Hall–Kier alpha value is -2.03.